The first-order valence-corrected chi connectivity index (χ1v) is 6.56. The molecule has 0 fully saturated rings. The van der Waals surface area contributed by atoms with Gasteiger partial charge in [-0.25, -0.2) is 0 Å². The van der Waals surface area contributed by atoms with E-state index in [-0.39, 0.29) is 22.3 Å². The van der Waals surface area contributed by atoms with E-state index in [1.165, 1.54) is 17.4 Å². The minimum Gasteiger partial charge on any atom is -0.153 e. The lowest BCUT2D eigenvalue weighted by Gasteiger charge is -2.17. The van der Waals surface area contributed by atoms with Crippen LogP contribution in [-0.4, -0.2) is 20.4 Å². The SMILES string of the molecule is CCC[CH2][Mg][CH2]C(C)(C)C.Cl.P. The van der Waals surface area contributed by atoms with Crippen LogP contribution in [0.3, 0.4) is 0 Å². The van der Waals surface area contributed by atoms with E-state index >= 15 is 0 Å². The molecule has 0 aliphatic heterocycles. The molecule has 3 heteroatoms. The third-order valence-corrected chi connectivity index (χ3v) is 4.63. The Balaban J connectivity index is -0.000000405. The molecule has 0 aliphatic rings. The summed E-state index contributed by atoms with van der Waals surface area (Å²) < 4.78 is 3.08. The molecule has 0 saturated heterocycles. The van der Waals surface area contributed by atoms with Crippen LogP contribution in [0.4, 0.5) is 0 Å². The van der Waals surface area contributed by atoms with Crippen LogP contribution >= 0.6 is 22.3 Å². The molecule has 0 aromatic heterocycles. The van der Waals surface area contributed by atoms with Crippen LogP contribution < -0.4 is 0 Å². The van der Waals surface area contributed by atoms with Gasteiger partial charge in [0.1, 0.15) is 0 Å². The highest BCUT2D eigenvalue weighted by Crippen LogP contribution is 2.19. The van der Waals surface area contributed by atoms with Gasteiger partial charge in [-0.05, 0) is 0 Å². The van der Waals surface area contributed by atoms with Crippen molar-refractivity contribution in [1.82, 2.24) is 0 Å². The Kier molecular flexibility index (Phi) is 16.8. The molecule has 0 heterocycles. The van der Waals surface area contributed by atoms with Gasteiger partial charge in [0.25, 0.3) is 0 Å². The van der Waals surface area contributed by atoms with Crippen LogP contribution in [0.15, 0.2) is 0 Å². The van der Waals surface area contributed by atoms with Crippen molar-refractivity contribution in [1.29, 1.82) is 0 Å². The monoisotopic (exact) mass is 222 g/mol. The third-order valence-electron chi connectivity index (χ3n) is 1.78. The molecular formula is C9H24ClMgP. The standard InChI is InChI=1S/C5H11.C4H9.ClH.Mg.H3P/c1-5(2,3)4;1-3-4-2;;;/h1H2,2-4H3;1,3-4H2,2H3;1H;;1H3. The van der Waals surface area contributed by atoms with E-state index < -0.39 is 0 Å². The third kappa shape index (κ3) is 17.5. The molecule has 0 nitrogen and oxygen atoms in total. The largest absolute Gasteiger partial charge is 0.364 e. The van der Waals surface area contributed by atoms with Gasteiger partial charge in [0.2, 0.25) is 0 Å². The number of halogens is 1. The second-order valence-corrected chi connectivity index (χ2v) is 6.29. The highest BCUT2D eigenvalue weighted by Gasteiger charge is 2.09. The first kappa shape index (κ1) is 19.1. The molecule has 0 aromatic rings. The summed E-state index contributed by atoms with van der Waals surface area (Å²) in [5, 5.41) is 0. The molecule has 1 unspecified atom stereocenters. The van der Waals surface area contributed by atoms with E-state index in [0.29, 0.717) is 25.8 Å². The Hall–Kier alpha value is 1.49. The Labute approximate surface area is 97.4 Å². The average molecular weight is 223 g/mol. The summed E-state index contributed by atoms with van der Waals surface area (Å²) in [6.07, 6.45) is 2.86. The van der Waals surface area contributed by atoms with Crippen molar-refractivity contribution in [3.05, 3.63) is 0 Å². The molecule has 0 N–H and O–H groups in total. The molecule has 0 amide bonds. The highest BCUT2D eigenvalue weighted by atomic mass is 35.5. The molecule has 1 atom stereocenters. The van der Waals surface area contributed by atoms with Crippen LogP contribution in [0.5, 0.6) is 0 Å². The first-order valence-electron chi connectivity index (χ1n) is 4.56. The minimum atomic E-state index is 0. The minimum absolute atomic E-state index is 0. The zero-order valence-electron chi connectivity index (χ0n) is 9.15. The van der Waals surface area contributed by atoms with E-state index in [9.17, 15) is 0 Å². The zero-order chi connectivity index (χ0) is 8.04. The van der Waals surface area contributed by atoms with Crippen molar-refractivity contribution in [2.24, 2.45) is 5.41 Å². The molecular weight excluding hydrogens is 199 g/mol. The molecule has 74 valence electrons. The van der Waals surface area contributed by atoms with Crippen LogP contribution in [0, 0.1) is 5.41 Å². The first-order chi connectivity index (χ1) is 4.56. The quantitative estimate of drug-likeness (QED) is 0.385. The predicted molar refractivity (Wildman–Crippen MR) is 68.1 cm³/mol. The van der Waals surface area contributed by atoms with Crippen molar-refractivity contribution >= 4 is 42.7 Å². The van der Waals surface area contributed by atoms with E-state index in [2.05, 4.69) is 27.7 Å². The molecule has 0 aromatic carbocycles. The molecule has 0 rings (SSSR count). The van der Waals surface area contributed by atoms with E-state index in [1.807, 2.05) is 0 Å². The van der Waals surface area contributed by atoms with Gasteiger partial charge in [0, 0.05) is 0 Å². The van der Waals surface area contributed by atoms with Crippen molar-refractivity contribution in [2.45, 2.75) is 49.6 Å². The Morgan fingerprint density at radius 2 is 1.67 bits per heavy atom. The van der Waals surface area contributed by atoms with Gasteiger partial charge in [-0.2, -0.15) is 9.90 Å². The van der Waals surface area contributed by atoms with Gasteiger partial charge in [0.05, 0.1) is 0 Å². The second-order valence-electron chi connectivity index (χ2n) is 4.37. The lowest BCUT2D eigenvalue weighted by molar-refractivity contribution is 0.466. The molecule has 0 bridgehead atoms. The second kappa shape index (κ2) is 10.6. The van der Waals surface area contributed by atoms with Crippen molar-refractivity contribution < 1.29 is 0 Å². The summed E-state index contributed by atoms with van der Waals surface area (Å²) in [6, 6.07) is 0. The highest BCUT2D eigenvalue weighted by molar-refractivity contribution is 6.92. The zero-order valence-corrected chi connectivity index (χ0v) is 12.8. The fourth-order valence-electron chi connectivity index (χ4n) is 1.08. The molecule has 0 spiro atoms. The average Bonchev–Trinajstić information content (AvgIpc) is 1.78. The van der Waals surface area contributed by atoms with Crippen LogP contribution in [0.25, 0.3) is 0 Å². The van der Waals surface area contributed by atoms with Gasteiger partial charge >= 0.3 is 20.4 Å². The molecule has 0 radical (unpaired) electrons. The summed E-state index contributed by atoms with van der Waals surface area (Å²) in [5.41, 5.74) is 0.611. The molecule has 0 aliphatic carbocycles. The maximum Gasteiger partial charge on any atom is 0.364 e. The maximum absolute atomic E-state index is 2.35. The van der Waals surface area contributed by atoms with Crippen molar-refractivity contribution in [2.75, 3.05) is 0 Å². The fourth-order valence-corrected chi connectivity index (χ4v) is 3.25. The van der Waals surface area contributed by atoms with Gasteiger partial charge in [-0.1, -0.05) is 46.0 Å². The van der Waals surface area contributed by atoms with Crippen LogP contribution in [-0.2, 0) is 0 Å². The Morgan fingerprint density at radius 1 is 1.17 bits per heavy atom. The van der Waals surface area contributed by atoms with Crippen LogP contribution in [0.1, 0.15) is 40.5 Å². The summed E-state index contributed by atoms with van der Waals surface area (Å²) >= 11 is 0.296. The van der Waals surface area contributed by atoms with Crippen LogP contribution in [0.2, 0.25) is 9.10 Å². The summed E-state index contributed by atoms with van der Waals surface area (Å²) in [6.45, 7) is 9.34. The Bertz CT molecular complexity index is 81.1. The molecule has 12 heavy (non-hydrogen) atoms. The fraction of sp³-hybridized carbons (Fsp3) is 1.00. The maximum atomic E-state index is 2.35. The normalized spacial score (nSPS) is 9.33. The summed E-state index contributed by atoms with van der Waals surface area (Å²) in [4.78, 5) is 0. The summed E-state index contributed by atoms with van der Waals surface area (Å²) in [5.74, 6) is 0. The van der Waals surface area contributed by atoms with Gasteiger partial charge < -0.3 is 0 Å². The number of unbranched alkanes of at least 4 members (excludes halogenated alkanes) is 1. The number of hydrogen-bond acceptors (Lipinski definition) is 0. The Morgan fingerprint density at radius 3 is 2.00 bits per heavy atom. The predicted octanol–water partition coefficient (Wildman–Crippen LogP) is 3.85. The smallest absolute Gasteiger partial charge is 0.153 e. The van der Waals surface area contributed by atoms with Gasteiger partial charge in [-0.3, -0.25) is 0 Å². The van der Waals surface area contributed by atoms with E-state index in [0.717, 1.165) is 0 Å². The lowest BCUT2D eigenvalue weighted by Crippen LogP contribution is -2.07. The van der Waals surface area contributed by atoms with E-state index in [4.69, 9.17) is 0 Å². The summed E-state index contributed by atoms with van der Waals surface area (Å²) in [7, 11) is 0. The topological polar surface area (TPSA) is 0 Å². The number of hydrogen-bond donors (Lipinski definition) is 0. The van der Waals surface area contributed by atoms with Gasteiger partial charge in [-0.15, -0.1) is 21.5 Å². The lowest BCUT2D eigenvalue weighted by atomic mass is 10.0. The van der Waals surface area contributed by atoms with Crippen molar-refractivity contribution in [3.8, 4) is 0 Å². The van der Waals surface area contributed by atoms with E-state index in [1.54, 1.807) is 4.55 Å². The molecule has 0 saturated carbocycles. The van der Waals surface area contributed by atoms with Crippen molar-refractivity contribution in [3.63, 3.8) is 0 Å². The number of rotatable bonds is 4. The van der Waals surface area contributed by atoms with Gasteiger partial charge in [0.15, 0.2) is 0 Å².